The van der Waals surface area contributed by atoms with E-state index in [1.165, 1.54) is 32.1 Å². The average molecular weight is 479 g/mol. The van der Waals surface area contributed by atoms with E-state index in [4.69, 9.17) is 9.84 Å². The molecule has 2 N–H and O–H groups in total. The summed E-state index contributed by atoms with van der Waals surface area (Å²) in [5.74, 6) is -0.118. The number of carboxylic acids is 1. The van der Waals surface area contributed by atoms with Gasteiger partial charge in [-0.25, -0.2) is 0 Å². The SMILES string of the molecule is O=C(O)CCCC/C=C(\COc1ccc2ccccc2c1)C(=O)NC1CCN(C2CCCCC2)C1. The van der Waals surface area contributed by atoms with Gasteiger partial charge in [0.05, 0.1) is 5.57 Å². The first kappa shape index (κ1) is 25.2. The summed E-state index contributed by atoms with van der Waals surface area (Å²) in [5.41, 5.74) is 0.615. The van der Waals surface area contributed by atoms with Crippen LogP contribution in [0.3, 0.4) is 0 Å². The molecule has 1 unspecified atom stereocenters. The standard InChI is InChI=1S/C29H38N2O4/c32-28(33)14-6-1-3-11-24(21-35-27-16-15-22-9-7-8-10-23(22)19-27)29(34)30-25-17-18-31(20-25)26-12-4-2-5-13-26/h7-11,15-16,19,25-26H,1-6,12-14,17-18,20-21H2,(H,30,34)(H,32,33)/b24-11+. The Bertz CT molecular complexity index is 1030. The maximum absolute atomic E-state index is 13.2. The van der Waals surface area contributed by atoms with Crippen molar-refractivity contribution in [3.8, 4) is 5.75 Å². The van der Waals surface area contributed by atoms with Crippen LogP contribution in [-0.2, 0) is 9.59 Å². The molecule has 0 spiro atoms. The van der Waals surface area contributed by atoms with E-state index >= 15 is 0 Å². The summed E-state index contributed by atoms with van der Waals surface area (Å²) in [6.45, 7) is 2.17. The van der Waals surface area contributed by atoms with Gasteiger partial charge in [0.25, 0.3) is 5.91 Å². The highest BCUT2D eigenvalue weighted by atomic mass is 16.5. The van der Waals surface area contributed by atoms with Crippen molar-refractivity contribution in [2.75, 3.05) is 19.7 Å². The van der Waals surface area contributed by atoms with Crippen LogP contribution in [0.5, 0.6) is 5.75 Å². The van der Waals surface area contributed by atoms with Crippen molar-refractivity contribution in [1.29, 1.82) is 0 Å². The van der Waals surface area contributed by atoms with Gasteiger partial charge in [0, 0.05) is 31.6 Å². The van der Waals surface area contributed by atoms with Gasteiger partial charge in [0.15, 0.2) is 0 Å². The second-order valence-electron chi connectivity index (χ2n) is 9.91. The molecule has 1 saturated carbocycles. The maximum Gasteiger partial charge on any atom is 0.303 e. The molecule has 1 atom stereocenters. The van der Waals surface area contributed by atoms with Gasteiger partial charge in [0.2, 0.25) is 0 Å². The topological polar surface area (TPSA) is 78.9 Å². The normalized spacial score (nSPS) is 19.7. The Morgan fingerprint density at radius 2 is 1.83 bits per heavy atom. The van der Waals surface area contributed by atoms with Gasteiger partial charge in [-0.05, 0) is 61.4 Å². The molecule has 4 rings (SSSR count). The Morgan fingerprint density at radius 3 is 2.63 bits per heavy atom. The van der Waals surface area contributed by atoms with E-state index in [9.17, 15) is 9.59 Å². The Kier molecular flexibility index (Phi) is 9.18. The first-order valence-electron chi connectivity index (χ1n) is 13.2. The lowest BCUT2D eigenvalue weighted by Gasteiger charge is -2.31. The van der Waals surface area contributed by atoms with Gasteiger partial charge in [0.1, 0.15) is 12.4 Å². The summed E-state index contributed by atoms with van der Waals surface area (Å²) in [7, 11) is 0. The summed E-state index contributed by atoms with van der Waals surface area (Å²) in [4.78, 5) is 26.6. The summed E-state index contributed by atoms with van der Waals surface area (Å²) < 4.78 is 6.04. The number of ether oxygens (including phenoxy) is 1. The highest BCUT2D eigenvalue weighted by molar-refractivity contribution is 5.94. The second kappa shape index (κ2) is 12.7. The van der Waals surface area contributed by atoms with E-state index in [2.05, 4.69) is 16.3 Å². The molecule has 1 aliphatic carbocycles. The fraction of sp³-hybridized carbons (Fsp3) is 0.517. The molecule has 2 fully saturated rings. The lowest BCUT2D eigenvalue weighted by Crippen LogP contribution is -2.41. The van der Waals surface area contributed by atoms with Crippen molar-refractivity contribution in [2.24, 2.45) is 0 Å². The Morgan fingerprint density at radius 1 is 1.03 bits per heavy atom. The number of nitrogens with one attached hydrogen (secondary N) is 1. The number of unbranched alkanes of at least 4 members (excludes halogenated alkanes) is 2. The number of likely N-dealkylation sites (tertiary alicyclic amines) is 1. The zero-order valence-corrected chi connectivity index (χ0v) is 20.6. The molecule has 1 aliphatic heterocycles. The van der Waals surface area contributed by atoms with E-state index in [0.717, 1.165) is 42.5 Å². The van der Waals surface area contributed by atoms with Crippen LogP contribution in [0.1, 0.15) is 64.2 Å². The van der Waals surface area contributed by atoms with Gasteiger partial charge in [-0.1, -0.05) is 55.7 Å². The number of fused-ring (bicyclic) bond motifs is 1. The second-order valence-corrected chi connectivity index (χ2v) is 9.91. The molecule has 1 amide bonds. The fourth-order valence-electron chi connectivity index (χ4n) is 5.29. The number of aliphatic carboxylic acids is 1. The summed E-state index contributed by atoms with van der Waals surface area (Å²) in [6, 6.07) is 14.9. The van der Waals surface area contributed by atoms with Crippen molar-refractivity contribution in [2.45, 2.75) is 76.3 Å². The number of carbonyl (C=O) groups is 2. The predicted molar refractivity (Wildman–Crippen MR) is 139 cm³/mol. The highest BCUT2D eigenvalue weighted by Gasteiger charge is 2.30. The molecule has 2 aromatic carbocycles. The molecule has 188 valence electrons. The Labute approximate surface area is 208 Å². The van der Waals surface area contributed by atoms with Gasteiger partial charge in [-0.2, -0.15) is 0 Å². The Balaban J connectivity index is 1.35. The van der Waals surface area contributed by atoms with Gasteiger partial charge >= 0.3 is 5.97 Å². The molecule has 0 bridgehead atoms. The van der Waals surface area contributed by atoms with Gasteiger partial charge in [-0.15, -0.1) is 0 Å². The monoisotopic (exact) mass is 478 g/mol. The summed E-state index contributed by atoms with van der Waals surface area (Å²) in [5, 5.41) is 14.4. The van der Waals surface area contributed by atoms with Gasteiger partial charge in [-0.3, -0.25) is 14.5 Å². The van der Waals surface area contributed by atoms with Crippen LogP contribution in [0.15, 0.2) is 54.1 Å². The predicted octanol–water partition coefficient (Wildman–Crippen LogP) is 5.31. The number of rotatable bonds is 11. The first-order valence-corrected chi connectivity index (χ1v) is 13.2. The smallest absolute Gasteiger partial charge is 0.303 e. The third kappa shape index (κ3) is 7.56. The van der Waals surface area contributed by atoms with Crippen LogP contribution >= 0.6 is 0 Å². The Hall–Kier alpha value is -2.86. The lowest BCUT2D eigenvalue weighted by atomic mass is 9.94. The van der Waals surface area contributed by atoms with Crippen molar-refractivity contribution in [3.05, 3.63) is 54.1 Å². The maximum atomic E-state index is 13.2. The number of amides is 1. The molecule has 6 heteroatoms. The van der Waals surface area contributed by atoms with E-state index in [1.54, 1.807) is 0 Å². The highest BCUT2D eigenvalue weighted by Crippen LogP contribution is 2.26. The number of hydrogen-bond acceptors (Lipinski definition) is 4. The molecule has 1 saturated heterocycles. The largest absolute Gasteiger partial charge is 0.489 e. The molecule has 2 aromatic rings. The molecule has 0 radical (unpaired) electrons. The molecule has 35 heavy (non-hydrogen) atoms. The van der Waals surface area contributed by atoms with Gasteiger partial charge < -0.3 is 15.2 Å². The number of hydrogen-bond donors (Lipinski definition) is 2. The summed E-state index contributed by atoms with van der Waals surface area (Å²) >= 11 is 0. The lowest BCUT2D eigenvalue weighted by molar-refractivity contribution is -0.137. The van der Waals surface area contributed by atoms with Crippen LogP contribution in [0.25, 0.3) is 10.8 Å². The molecule has 1 heterocycles. The molecule has 6 nitrogen and oxygen atoms in total. The van der Waals surface area contributed by atoms with E-state index < -0.39 is 5.97 Å². The van der Waals surface area contributed by atoms with Crippen LogP contribution in [0.2, 0.25) is 0 Å². The third-order valence-corrected chi connectivity index (χ3v) is 7.29. The minimum absolute atomic E-state index is 0.0699. The number of carboxylic acid groups (broad SMARTS) is 1. The molecular weight excluding hydrogens is 440 g/mol. The van der Waals surface area contributed by atoms with Crippen molar-refractivity contribution < 1.29 is 19.4 Å². The van der Waals surface area contributed by atoms with E-state index in [1.807, 2.05) is 42.5 Å². The average Bonchev–Trinajstić information content (AvgIpc) is 3.34. The number of allylic oxidation sites excluding steroid dienone is 1. The van der Waals surface area contributed by atoms with Crippen LogP contribution in [0, 0.1) is 0 Å². The van der Waals surface area contributed by atoms with Crippen LogP contribution in [-0.4, -0.2) is 53.7 Å². The third-order valence-electron chi connectivity index (χ3n) is 7.29. The number of benzene rings is 2. The van der Waals surface area contributed by atoms with Crippen molar-refractivity contribution in [3.63, 3.8) is 0 Å². The van der Waals surface area contributed by atoms with Crippen molar-refractivity contribution >= 4 is 22.6 Å². The summed E-state index contributed by atoms with van der Waals surface area (Å²) in [6.07, 6.45) is 11.6. The zero-order valence-electron chi connectivity index (χ0n) is 20.6. The zero-order chi connectivity index (χ0) is 24.5. The minimum atomic E-state index is -0.782. The number of carbonyl (C=O) groups excluding carboxylic acids is 1. The quantitative estimate of drug-likeness (QED) is 0.338. The van der Waals surface area contributed by atoms with E-state index in [-0.39, 0.29) is 25.0 Å². The fourth-order valence-corrected chi connectivity index (χ4v) is 5.29. The van der Waals surface area contributed by atoms with Crippen molar-refractivity contribution in [1.82, 2.24) is 10.2 Å². The first-order chi connectivity index (χ1) is 17.1. The molecule has 0 aromatic heterocycles. The molecular formula is C29H38N2O4. The van der Waals surface area contributed by atoms with Crippen LogP contribution < -0.4 is 10.1 Å². The number of nitrogens with zero attached hydrogens (tertiary/aromatic N) is 1. The van der Waals surface area contributed by atoms with Crippen LogP contribution in [0.4, 0.5) is 0 Å². The minimum Gasteiger partial charge on any atom is -0.489 e. The molecule has 2 aliphatic rings. The van der Waals surface area contributed by atoms with E-state index in [0.29, 0.717) is 24.5 Å².